The Bertz CT molecular complexity index is 431. The molecule has 1 aromatic rings. The van der Waals surface area contributed by atoms with Crippen LogP contribution in [0.4, 0.5) is 0 Å². The zero-order valence-corrected chi connectivity index (χ0v) is 12.9. The molecule has 20 heavy (non-hydrogen) atoms. The van der Waals surface area contributed by atoms with Crippen molar-refractivity contribution in [1.82, 2.24) is 4.90 Å². The zero-order valence-electron chi connectivity index (χ0n) is 12.9. The Morgan fingerprint density at radius 3 is 2.90 bits per heavy atom. The predicted octanol–water partition coefficient (Wildman–Crippen LogP) is 3.30. The van der Waals surface area contributed by atoms with E-state index >= 15 is 0 Å². The Hall–Kier alpha value is -1.06. The van der Waals surface area contributed by atoms with Crippen LogP contribution in [0.5, 0.6) is 5.75 Å². The molecular formula is C17H27NO2. The number of hydrogen-bond donors (Lipinski definition) is 1. The van der Waals surface area contributed by atoms with Gasteiger partial charge in [-0.05, 0) is 58.3 Å². The number of benzene rings is 1. The molecule has 0 spiro atoms. The first-order valence-electron chi connectivity index (χ1n) is 7.69. The molecule has 1 unspecified atom stereocenters. The summed E-state index contributed by atoms with van der Waals surface area (Å²) in [7, 11) is 2.21. The normalized spacial score (nSPS) is 21.7. The van der Waals surface area contributed by atoms with Gasteiger partial charge in [0.2, 0.25) is 0 Å². The summed E-state index contributed by atoms with van der Waals surface area (Å²) in [5, 5.41) is 9.80. The third-order valence-electron chi connectivity index (χ3n) is 4.25. The SMILES string of the molecule is Cc1ccc([C@@H](C)O)c(OCCC2CCCCN2C)c1. The third kappa shape index (κ3) is 3.97. The molecule has 1 aliphatic rings. The Morgan fingerprint density at radius 1 is 1.40 bits per heavy atom. The van der Waals surface area contributed by atoms with Crippen LogP contribution in [-0.2, 0) is 0 Å². The smallest absolute Gasteiger partial charge is 0.125 e. The summed E-state index contributed by atoms with van der Waals surface area (Å²) in [5.41, 5.74) is 2.05. The van der Waals surface area contributed by atoms with Crippen LogP contribution in [0.15, 0.2) is 18.2 Å². The van der Waals surface area contributed by atoms with Crippen molar-refractivity contribution in [3.05, 3.63) is 29.3 Å². The van der Waals surface area contributed by atoms with E-state index in [2.05, 4.69) is 11.9 Å². The van der Waals surface area contributed by atoms with Gasteiger partial charge in [-0.1, -0.05) is 18.6 Å². The van der Waals surface area contributed by atoms with Crippen LogP contribution in [0, 0.1) is 6.92 Å². The van der Waals surface area contributed by atoms with Gasteiger partial charge in [-0.25, -0.2) is 0 Å². The van der Waals surface area contributed by atoms with E-state index in [4.69, 9.17) is 4.74 Å². The van der Waals surface area contributed by atoms with Crippen LogP contribution in [0.1, 0.15) is 49.8 Å². The van der Waals surface area contributed by atoms with E-state index < -0.39 is 6.10 Å². The molecule has 1 aliphatic heterocycles. The van der Waals surface area contributed by atoms with E-state index in [1.165, 1.54) is 31.4 Å². The van der Waals surface area contributed by atoms with Crippen molar-refractivity contribution in [2.24, 2.45) is 0 Å². The fraction of sp³-hybridized carbons (Fsp3) is 0.647. The van der Waals surface area contributed by atoms with Gasteiger partial charge in [-0.3, -0.25) is 0 Å². The standard InChI is InChI=1S/C17H27NO2/c1-13-7-8-16(14(2)19)17(12-13)20-11-9-15-6-4-5-10-18(15)3/h7-8,12,14-15,19H,4-6,9-11H2,1-3H3/t14-,15?/m1/s1. The minimum Gasteiger partial charge on any atom is -0.493 e. The number of aliphatic hydroxyl groups excluding tert-OH is 1. The Balaban J connectivity index is 1.91. The lowest BCUT2D eigenvalue weighted by molar-refractivity contribution is 0.149. The maximum atomic E-state index is 9.80. The predicted molar refractivity (Wildman–Crippen MR) is 82.2 cm³/mol. The van der Waals surface area contributed by atoms with Crippen LogP contribution in [0.2, 0.25) is 0 Å². The van der Waals surface area contributed by atoms with E-state index in [-0.39, 0.29) is 0 Å². The maximum Gasteiger partial charge on any atom is 0.125 e. The second-order valence-electron chi connectivity index (χ2n) is 5.98. The summed E-state index contributed by atoms with van der Waals surface area (Å²) in [4.78, 5) is 2.44. The monoisotopic (exact) mass is 277 g/mol. The minimum atomic E-state index is -0.483. The van der Waals surface area contributed by atoms with Crippen LogP contribution >= 0.6 is 0 Å². The van der Waals surface area contributed by atoms with Gasteiger partial charge in [0, 0.05) is 11.6 Å². The van der Waals surface area contributed by atoms with E-state index in [9.17, 15) is 5.11 Å². The van der Waals surface area contributed by atoms with Crippen molar-refractivity contribution >= 4 is 0 Å². The summed E-state index contributed by atoms with van der Waals surface area (Å²) < 4.78 is 5.94. The van der Waals surface area contributed by atoms with E-state index in [0.29, 0.717) is 6.04 Å². The van der Waals surface area contributed by atoms with E-state index in [0.717, 1.165) is 24.3 Å². The second kappa shape index (κ2) is 7.09. The lowest BCUT2D eigenvalue weighted by Gasteiger charge is -2.32. The van der Waals surface area contributed by atoms with Crippen LogP contribution in [-0.4, -0.2) is 36.2 Å². The lowest BCUT2D eigenvalue weighted by atomic mass is 10.0. The molecule has 1 fully saturated rings. The fourth-order valence-corrected chi connectivity index (χ4v) is 2.93. The molecule has 1 N–H and O–H groups in total. The molecule has 3 nitrogen and oxygen atoms in total. The van der Waals surface area contributed by atoms with Crippen molar-refractivity contribution in [2.75, 3.05) is 20.2 Å². The van der Waals surface area contributed by atoms with Gasteiger partial charge in [0.05, 0.1) is 12.7 Å². The average Bonchev–Trinajstić information content (AvgIpc) is 2.41. The summed E-state index contributed by atoms with van der Waals surface area (Å²) >= 11 is 0. The third-order valence-corrected chi connectivity index (χ3v) is 4.25. The van der Waals surface area contributed by atoms with E-state index in [1.54, 1.807) is 6.92 Å². The fourth-order valence-electron chi connectivity index (χ4n) is 2.93. The molecule has 2 atom stereocenters. The molecule has 1 heterocycles. The lowest BCUT2D eigenvalue weighted by Crippen LogP contribution is -2.37. The minimum absolute atomic E-state index is 0.483. The first kappa shape index (κ1) is 15.3. The molecule has 0 amide bonds. The highest BCUT2D eigenvalue weighted by Gasteiger charge is 2.19. The first-order chi connectivity index (χ1) is 9.58. The number of aryl methyl sites for hydroxylation is 1. The number of rotatable bonds is 5. The van der Waals surface area contributed by atoms with Crippen molar-refractivity contribution in [2.45, 2.75) is 51.7 Å². The molecule has 2 rings (SSSR count). The van der Waals surface area contributed by atoms with Crippen molar-refractivity contribution in [3.63, 3.8) is 0 Å². The van der Waals surface area contributed by atoms with Gasteiger partial charge in [-0.15, -0.1) is 0 Å². The zero-order chi connectivity index (χ0) is 14.5. The van der Waals surface area contributed by atoms with Crippen molar-refractivity contribution in [1.29, 1.82) is 0 Å². The Kier molecular flexibility index (Phi) is 5.44. The molecule has 0 radical (unpaired) electrons. The molecule has 1 saturated heterocycles. The molecule has 0 aliphatic carbocycles. The molecule has 3 heteroatoms. The average molecular weight is 277 g/mol. The number of nitrogens with zero attached hydrogens (tertiary/aromatic N) is 1. The molecule has 0 saturated carbocycles. The number of piperidine rings is 1. The van der Waals surface area contributed by atoms with Gasteiger partial charge in [0.1, 0.15) is 5.75 Å². The Labute approximate surface area is 122 Å². The van der Waals surface area contributed by atoms with E-state index in [1.807, 2.05) is 25.1 Å². The van der Waals surface area contributed by atoms with Crippen molar-refractivity contribution in [3.8, 4) is 5.75 Å². The van der Waals surface area contributed by atoms with Crippen LogP contribution < -0.4 is 4.74 Å². The summed E-state index contributed by atoms with van der Waals surface area (Å²) in [5.74, 6) is 0.832. The highest BCUT2D eigenvalue weighted by molar-refractivity contribution is 5.38. The van der Waals surface area contributed by atoms with Gasteiger partial charge in [-0.2, -0.15) is 0 Å². The summed E-state index contributed by atoms with van der Waals surface area (Å²) in [6, 6.07) is 6.64. The van der Waals surface area contributed by atoms with Gasteiger partial charge in [0.15, 0.2) is 0 Å². The summed E-state index contributed by atoms with van der Waals surface area (Å²) in [6.45, 7) is 5.76. The van der Waals surface area contributed by atoms with Crippen LogP contribution in [0.3, 0.4) is 0 Å². The molecule has 1 aromatic carbocycles. The highest BCUT2D eigenvalue weighted by atomic mass is 16.5. The van der Waals surface area contributed by atoms with Gasteiger partial charge >= 0.3 is 0 Å². The quantitative estimate of drug-likeness (QED) is 0.896. The number of aliphatic hydroxyl groups is 1. The summed E-state index contributed by atoms with van der Waals surface area (Å²) in [6.07, 6.45) is 4.50. The molecular weight excluding hydrogens is 250 g/mol. The number of hydrogen-bond acceptors (Lipinski definition) is 3. The number of ether oxygens (including phenoxy) is 1. The van der Waals surface area contributed by atoms with Gasteiger partial charge in [0.25, 0.3) is 0 Å². The van der Waals surface area contributed by atoms with Gasteiger partial charge < -0.3 is 14.7 Å². The molecule has 0 bridgehead atoms. The molecule has 0 aromatic heterocycles. The Morgan fingerprint density at radius 2 is 2.20 bits per heavy atom. The second-order valence-corrected chi connectivity index (χ2v) is 5.98. The first-order valence-corrected chi connectivity index (χ1v) is 7.69. The highest BCUT2D eigenvalue weighted by Crippen LogP contribution is 2.27. The van der Waals surface area contributed by atoms with Crippen LogP contribution in [0.25, 0.3) is 0 Å². The maximum absolute atomic E-state index is 9.80. The number of likely N-dealkylation sites (tertiary alicyclic amines) is 1. The van der Waals surface area contributed by atoms with Crippen molar-refractivity contribution < 1.29 is 9.84 Å². The molecule has 112 valence electrons. The largest absolute Gasteiger partial charge is 0.493 e. The topological polar surface area (TPSA) is 32.7 Å².